The van der Waals surface area contributed by atoms with E-state index >= 15 is 0 Å². The molecule has 0 amide bonds. The third-order valence-corrected chi connectivity index (χ3v) is 4.93. The molecule has 1 fully saturated rings. The minimum atomic E-state index is -4.20. The number of nitrogens with one attached hydrogen (secondary N) is 1. The molecular weight excluding hydrogens is 297 g/mol. The van der Waals surface area contributed by atoms with Gasteiger partial charge in [-0.3, -0.25) is 0 Å². The zero-order chi connectivity index (χ0) is 15.2. The molecule has 9 heteroatoms. The van der Waals surface area contributed by atoms with E-state index < -0.39 is 28.8 Å². The molecule has 0 saturated carbocycles. The highest BCUT2D eigenvalue weighted by atomic mass is 32.2. The Morgan fingerprint density at radius 3 is 2.55 bits per heavy atom. The maximum absolute atomic E-state index is 12.0. The molecule has 5 nitrogen and oxygen atoms in total. The predicted molar refractivity (Wildman–Crippen MR) is 68.3 cm³/mol. The van der Waals surface area contributed by atoms with Gasteiger partial charge in [0.05, 0.1) is 6.61 Å². The summed E-state index contributed by atoms with van der Waals surface area (Å²) in [7, 11) is -3.72. The number of unbranched alkanes of at least 4 members (excludes halogenated alkanes) is 1. The molecule has 0 aliphatic carbocycles. The van der Waals surface area contributed by atoms with Crippen LogP contribution in [-0.4, -0.2) is 49.7 Å². The quantitative estimate of drug-likeness (QED) is 0.697. The molecule has 120 valence electrons. The van der Waals surface area contributed by atoms with Crippen LogP contribution < -0.4 is 4.72 Å². The zero-order valence-corrected chi connectivity index (χ0v) is 12.0. The molecule has 0 radical (unpaired) electrons. The van der Waals surface area contributed by atoms with E-state index in [1.807, 2.05) is 0 Å². The highest BCUT2D eigenvalue weighted by Crippen LogP contribution is 2.22. The van der Waals surface area contributed by atoms with Crippen molar-refractivity contribution in [1.29, 1.82) is 0 Å². The van der Waals surface area contributed by atoms with Crippen LogP contribution in [0.25, 0.3) is 0 Å². The fourth-order valence-corrected chi connectivity index (χ4v) is 3.71. The highest BCUT2D eigenvalue weighted by Gasteiger charge is 2.31. The maximum Gasteiger partial charge on any atom is 0.389 e. The Bertz CT molecular complexity index is 387. The van der Waals surface area contributed by atoms with Crippen LogP contribution >= 0.6 is 0 Å². The summed E-state index contributed by atoms with van der Waals surface area (Å²) in [6, 6.07) is -0.434. The van der Waals surface area contributed by atoms with Crippen molar-refractivity contribution in [2.24, 2.45) is 0 Å². The van der Waals surface area contributed by atoms with E-state index in [2.05, 4.69) is 4.72 Å². The first-order chi connectivity index (χ1) is 9.26. The SMILES string of the molecule is O=S(=O)(NCCCCC(F)(F)F)N1CCCCC1CO. The van der Waals surface area contributed by atoms with Gasteiger partial charge in [0.25, 0.3) is 10.2 Å². The first-order valence-electron chi connectivity index (χ1n) is 6.70. The minimum absolute atomic E-state index is 0.0208. The van der Waals surface area contributed by atoms with Crippen LogP contribution in [-0.2, 0) is 10.2 Å². The normalized spacial score (nSPS) is 22.1. The van der Waals surface area contributed by atoms with Crippen LogP contribution in [0.2, 0.25) is 0 Å². The topological polar surface area (TPSA) is 69.6 Å². The molecule has 0 aromatic rings. The molecule has 20 heavy (non-hydrogen) atoms. The summed E-state index contributed by atoms with van der Waals surface area (Å²) in [5.74, 6) is 0. The van der Waals surface area contributed by atoms with E-state index in [0.29, 0.717) is 13.0 Å². The third-order valence-electron chi connectivity index (χ3n) is 3.26. The summed E-state index contributed by atoms with van der Waals surface area (Å²) >= 11 is 0. The molecule has 2 N–H and O–H groups in total. The number of hydrogen-bond donors (Lipinski definition) is 2. The molecule has 0 aromatic carbocycles. The average Bonchev–Trinajstić information content (AvgIpc) is 2.36. The lowest BCUT2D eigenvalue weighted by Crippen LogP contribution is -2.50. The van der Waals surface area contributed by atoms with Gasteiger partial charge in [0.1, 0.15) is 0 Å². The summed E-state index contributed by atoms with van der Waals surface area (Å²) < 4.78 is 63.3. The number of hydrogen-bond acceptors (Lipinski definition) is 3. The Morgan fingerprint density at radius 1 is 1.25 bits per heavy atom. The number of halogens is 3. The zero-order valence-electron chi connectivity index (χ0n) is 11.2. The summed E-state index contributed by atoms with van der Waals surface area (Å²) in [4.78, 5) is 0. The summed E-state index contributed by atoms with van der Waals surface area (Å²) in [6.07, 6.45) is -2.88. The largest absolute Gasteiger partial charge is 0.395 e. The van der Waals surface area contributed by atoms with Crippen LogP contribution in [0.1, 0.15) is 38.5 Å². The van der Waals surface area contributed by atoms with Gasteiger partial charge in [-0.2, -0.15) is 25.9 Å². The van der Waals surface area contributed by atoms with Gasteiger partial charge in [0, 0.05) is 25.6 Å². The predicted octanol–water partition coefficient (Wildman–Crippen LogP) is 1.40. The summed E-state index contributed by atoms with van der Waals surface area (Å²) in [6.45, 7) is 0.0746. The fraction of sp³-hybridized carbons (Fsp3) is 1.00. The van der Waals surface area contributed by atoms with E-state index in [0.717, 1.165) is 12.8 Å². The molecule has 0 aromatic heterocycles. The average molecular weight is 318 g/mol. The van der Waals surface area contributed by atoms with Gasteiger partial charge in [-0.05, 0) is 25.7 Å². The van der Waals surface area contributed by atoms with Crippen LogP contribution in [0.4, 0.5) is 13.2 Å². The van der Waals surface area contributed by atoms with E-state index in [1.54, 1.807) is 0 Å². The monoisotopic (exact) mass is 318 g/mol. The van der Waals surface area contributed by atoms with Crippen LogP contribution in [0.5, 0.6) is 0 Å². The highest BCUT2D eigenvalue weighted by molar-refractivity contribution is 7.87. The molecule has 1 heterocycles. The van der Waals surface area contributed by atoms with Crippen molar-refractivity contribution in [3.63, 3.8) is 0 Å². The fourth-order valence-electron chi connectivity index (χ4n) is 2.21. The summed E-state index contributed by atoms with van der Waals surface area (Å²) in [5, 5.41) is 9.17. The molecule has 1 unspecified atom stereocenters. The van der Waals surface area contributed by atoms with Crippen LogP contribution in [0, 0.1) is 0 Å². The number of alkyl halides is 3. The lowest BCUT2D eigenvalue weighted by Gasteiger charge is -2.33. The van der Waals surface area contributed by atoms with Gasteiger partial charge in [0.15, 0.2) is 0 Å². The molecule has 1 rings (SSSR count). The maximum atomic E-state index is 12.0. The van der Waals surface area contributed by atoms with Crippen LogP contribution in [0.3, 0.4) is 0 Å². The standard InChI is InChI=1S/C11H21F3N2O3S/c12-11(13,14)6-2-3-7-15-20(18,19)16-8-4-1-5-10(16)9-17/h10,15,17H,1-9H2. The van der Waals surface area contributed by atoms with Crippen LogP contribution in [0.15, 0.2) is 0 Å². The Kier molecular flexibility index (Phi) is 6.70. The van der Waals surface area contributed by atoms with Crippen molar-refractivity contribution in [3.05, 3.63) is 0 Å². The lowest BCUT2D eigenvalue weighted by atomic mass is 10.1. The second kappa shape index (κ2) is 7.58. The molecule has 1 aliphatic heterocycles. The van der Waals surface area contributed by atoms with Crippen molar-refractivity contribution in [2.75, 3.05) is 19.7 Å². The van der Waals surface area contributed by atoms with Gasteiger partial charge in [-0.1, -0.05) is 6.42 Å². The lowest BCUT2D eigenvalue weighted by molar-refractivity contribution is -0.135. The van der Waals surface area contributed by atoms with Gasteiger partial charge < -0.3 is 5.11 Å². The van der Waals surface area contributed by atoms with Crippen molar-refractivity contribution in [2.45, 2.75) is 50.7 Å². The number of nitrogens with zero attached hydrogens (tertiary/aromatic N) is 1. The van der Waals surface area contributed by atoms with Gasteiger partial charge in [-0.25, -0.2) is 4.72 Å². The van der Waals surface area contributed by atoms with E-state index in [4.69, 9.17) is 5.11 Å². The molecule has 1 saturated heterocycles. The molecule has 1 atom stereocenters. The van der Waals surface area contributed by atoms with Crippen molar-refractivity contribution < 1.29 is 26.7 Å². The molecule has 0 bridgehead atoms. The molecule has 0 spiro atoms. The Balaban J connectivity index is 2.37. The van der Waals surface area contributed by atoms with Crippen molar-refractivity contribution in [1.82, 2.24) is 9.03 Å². The minimum Gasteiger partial charge on any atom is -0.395 e. The number of aliphatic hydroxyl groups is 1. The number of piperidine rings is 1. The van der Waals surface area contributed by atoms with Gasteiger partial charge >= 0.3 is 6.18 Å². The smallest absolute Gasteiger partial charge is 0.389 e. The van der Waals surface area contributed by atoms with Gasteiger partial charge in [0.2, 0.25) is 0 Å². The van der Waals surface area contributed by atoms with Crippen molar-refractivity contribution in [3.8, 4) is 0 Å². The second-order valence-corrected chi connectivity index (χ2v) is 6.62. The summed E-state index contributed by atoms with van der Waals surface area (Å²) in [5.41, 5.74) is 0. The number of rotatable bonds is 7. The molecular formula is C11H21F3N2O3S. The van der Waals surface area contributed by atoms with E-state index in [9.17, 15) is 21.6 Å². The van der Waals surface area contributed by atoms with E-state index in [1.165, 1.54) is 4.31 Å². The Hall–Kier alpha value is -0.380. The second-order valence-electron chi connectivity index (χ2n) is 4.91. The first kappa shape index (κ1) is 17.7. The number of aliphatic hydroxyl groups excluding tert-OH is 1. The van der Waals surface area contributed by atoms with Crippen molar-refractivity contribution >= 4 is 10.2 Å². The molecule has 1 aliphatic rings. The Morgan fingerprint density at radius 2 is 1.95 bits per heavy atom. The van der Waals surface area contributed by atoms with E-state index in [-0.39, 0.29) is 26.0 Å². The Labute approximate surface area is 117 Å². The first-order valence-corrected chi connectivity index (χ1v) is 8.14. The third kappa shape index (κ3) is 5.94. The van der Waals surface area contributed by atoms with Gasteiger partial charge in [-0.15, -0.1) is 0 Å².